The summed E-state index contributed by atoms with van der Waals surface area (Å²) < 4.78 is 51.2. The third-order valence-electron chi connectivity index (χ3n) is 4.57. The van der Waals surface area contributed by atoms with Gasteiger partial charge in [-0.15, -0.1) is 13.2 Å². The number of benzene rings is 3. The first-order valence-electron chi connectivity index (χ1n) is 9.82. The number of hydrogen-bond donors (Lipinski definition) is 0. The Kier molecular flexibility index (Phi) is 7.54. The first-order chi connectivity index (χ1) is 16.6. The molecule has 12 heteroatoms. The highest BCUT2D eigenvalue weighted by Gasteiger charge is 2.31. The lowest BCUT2D eigenvalue weighted by Crippen LogP contribution is -2.33. The van der Waals surface area contributed by atoms with Crippen molar-refractivity contribution in [2.75, 3.05) is 12.0 Å². The second-order valence-corrected chi connectivity index (χ2v) is 6.94. The van der Waals surface area contributed by atoms with Gasteiger partial charge < -0.3 is 14.2 Å². The topological polar surface area (TPSA) is 108 Å². The van der Waals surface area contributed by atoms with Crippen LogP contribution < -0.4 is 14.4 Å². The number of halogens is 3. The van der Waals surface area contributed by atoms with Crippen LogP contribution in [0.15, 0.2) is 72.8 Å². The van der Waals surface area contributed by atoms with Gasteiger partial charge in [-0.3, -0.25) is 15.0 Å². The molecule has 3 aromatic rings. The Balaban J connectivity index is 1.86. The Morgan fingerprint density at radius 1 is 0.914 bits per heavy atom. The average Bonchev–Trinajstić information content (AvgIpc) is 2.82. The summed E-state index contributed by atoms with van der Waals surface area (Å²) in [4.78, 5) is 35.9. The molecule has 9 nitrogen and oxygen atoms in total. The third kappa shape index (κ3) is 6.93. The van der Waals surface area contributed by atoms with Crippen molar-refractivity contribution >= 4 is 23.4 Å². The van der Waals surface area contributed by atoms with Gasteiger partial charge in [0.25, 0.3) is 5.69 Å². The highest BCUT2D eigenvalue weighted by atomic mass is 19.4. The van der Waals surface area contributed by atoms with Gasteiger partial charge in [-0.2, -0.15) is 0 Å². The van der Waals surface area contributed by atoms with E-state index in [1.165, 1.54) is 43.5 Å². The first kappa shape index (κ1) is 25.0. The number of non-ortho nitro benzene ring substituents is 1. The van der Waals surface area contributed by atoms with Crippen LogP contribution in [0, 0.1) is 10.1 Å². The van der Waals surface area contributed by atoms with Gasteiger partial charge in [0, 0.05) is 17.8 Å². The van der Waals surface area contributed by atoms with E-state index < -0.39 is 29.1 Å². The van der Waals surface area contributed by atoms with Crippen LogP contribution in [-0.2, 0) is 11.3 Å². The number of nitro groups is 1. The fraction of sp³-hybridized carbons (Fsp3) is 0.130. The Morgan fingerprint density at radius 2 is 1.49 bits per heavy atom. The average molecular weight is 490 g/mol. The van der Waals surface area contributed by atoms with Crippen LogP contribution in [0.4, 0.5) is 29.3 Å². The summed E-state index contributed by atoms with van der Waals surface area (Å²) in [5, 5.41) is 10.8. The molecule has 1 amide bonds. The number of nitro benzene ring substituents is 1. The number of rotatable bonds is 7. The molecule has 0 aromatic heterocycles. The Bertz CT molecular complexity index is 1200. The van der Waals surface area contributed by atoms with Crippen LogP contribution in [-0.4, -0.2) is 30.5 Å². The molecule has 0 heterocycles. The minimum atomic E-state index is -4.88. The number of nitrogens with zero attached hydrogens (tertiary/aromatic N) is 2. The zero-order valence-electron chi connectivity index (χ0n) is 18.0. The van der Waals surface area contributed by atoms with Gasteiger partial charge in [0.05, 0.1) is 24.1 Å². The number of anilines is 1. The summed E-state index contributed by atoms with van der Waals surface area (Å²) in [5.74, 6) is -1.01. The molecule has 0 atom stereocenters. The summed E-state index contributed by atoms with van der Waals surface area (Å²) in [7, 11) is 1.23. The van der Waals surface area contributed by atoms with Crippen molar-refractivity contribution in [3.05, 3.63) is 94.0 Å². The van der Waals surface area contributed by atoms with Crippen LogP contribution in [0.5, 0.6) is 11.5 Å². The molecule has 0 aliphatic rings. The molecule has 0 unspecified atom stereocenters. The van der Waals surface area contributed by atoms with E-state index in [-0.39, 0.29) is 29.2 Å². The van der Waals surface area contributed by atoms with E-state index in [9.17, 15) is 32.9 Å². The van der Waals surface area contributed by atoms with Crippen molar-refractivity contribution < 1.29 is 41.9 Å². The van der Waals surface area contributed by atoms with Crippen molar-refractivity contribution in [1.29, 1.82) is 0 Å². The molecule has 0 saturated carbocycles. The summed E-state index contributed by atoms with van der Waals surface area (Å²) in [6, 6.07) is 15.4. The summed E-state index contributed by atoms with van der Waals surface area (Å²) in [6.07, 6.45) is -5.78. The molecule has 0 fully saturated rings. The SMILES string of the molecule is COC(=O)c1ccc(CN(C(=O)Oc2ccc([N+](=O)[O-])cc2)c2ccc(OC(F)(F)F)cc2)cc1. The Hall–Kier alpha value is -4.61. The van der Waals surface area contributed by atoms with Crippen LogP contribution in [0.25, 0.3) is 0 Å². The summed E-state index contributed by atoms with van der Waals surface area (Å²) in [5.41, 5.74) is 0.829. The predicted molar refractivity (Wildman–Crippen MR) is 116 cm³/mol. The van der Waals surface area contributed by atoms with Gasteiger partial charge in [0.15, 0.2) is 0 Å². The zero-order valence-corrected chi connectivity index (χ0v) is 18.0. The standard InChI is InChI=1S/C23H17F3N2O7/c1-33-21(29)16-4-2-15(3-5-16)14-27(17-6-12-20(13-7-17)35-23(24,25)26)22(30)34-19-10-8-18(9-11-19)28(31)32/h2-13H,14H2,1H3. The summed E-state index contributed by atoms with van der Waals surface area (Å²) >= 11 is 0. The van der Waals surface area contributed by atoms with Gasteiger partial charge in [-0.1, -0.05) is 12.1 Å². The van der Waals surface area contributed by atoms with Gasteiger partial charge >= 0.3 is 18.4 Å². The summed E-state index contributed by atoms with van der Waals surface area (Å²) in [6.45, 7) is -0.0766. The quantitative estimate of drug-likeness (QED) is 0.245. The molecular formula is C23H17F3N2O7. The van der Waals surface area contributed by atoms with E-state index >= 15 is 0 Å². The van der Waals surface area contributed by atoms with Crippen molar-refractivity contribution in [3.8, 4) is 11.5 Å². The van der Waals surface area contributed by atoms with Crippen molar-refractivity contribution in [2.24, 2.45) is 0 Å². The fourth-order valence-corrected chi connectivity index (χ4v) is 2.93. The third-order valence-corrected chi connectivity index (χ3v) is 4.57. The largest absolute Gasteiger partial charge is 0.573 e. The van der Waals surface area contributed by atoms with Crippen LogP contribution in [0.1, 0.15) is 15.9 Å². The second kappa shape index (κ2) is 10.5. The molecule has 3 aromatic carbocycles. The van der Waals surface area contributed by atoms with Crippen LogP contribution >= 0.6 is 0 Å². The molecule has 0 aliphatic heterocycles. The molecule has 0 aliphatic carbocycles. The van der Waals surface area contributed by atoms with Crippen molar-refractivity contribution in [3.63, 3.8) is 0 Å². The van der Waals surface area contributed by atoms with E-state index in [0.29, 0.717) is 5.56 Å². The minimum absolute atomic E-state index is 0.0173. The molecular weight excluding hydrogens is 473 g/mol. The maximum atomic E-state index is 13.0. The smallest absolute Gasteiger partial charge is 0.465 e. The number of carbonyl (C=O) groups is 2. The molecule has 3 rings (SSSR count). The van der Waals surface area contributed by atoms with Gasteiger partial charge in [0.2, 0.25) is 0 Å². The number of amides is 1. The van der Waals surface area contributed by atoms with E-state index in [1.807, 2.05) is 0 Å². The van der Waals surface area contributed by atoms with E-state index in [1.54, 1.807) is 12.1 Å². The van der Waals surface area contributed by atoms with E-state index in [2.05, 4.69) is 9.47 Å². The molecule has 0 bridgehead atoms. The number of ether oxygens (including phenoxy) is 3. The monoisotopic (exact) mass is 490 g/mol. The highest BCUT2D eigenvalue weighted by molar-refractivity contribution is 5.90. The number of carbonyl (C=O) groups excluding carboxylic acids is 2. The molecule has 0 spiro atoms. The Morgan fingerprint density at radius 3 is 2.00 bits per heavy atom. The Labute approximate surface area is 196 Å². The molecule has 35 heavy (non-hydrogen) atoms. The number of esters is 1. The van der Waals surface area contributed by atoms with Gasteiger partial charge in [-0.25, -0.2) is 9.59 Å². The first-order valence-corrected chi connectivity index (χ1v) is 9.82. The van der Waals surface area contributed by atoms with Crippen LogP contribution in [0.2, 0.25) is 0 Å². The molecule has 0 radical (unpaired) electrons. The minimum Gasteiger partial charge on any atom is -0.465 e. The normalized spacial score (nSPS) is 10.9. The lowest BCUT2D eigenvalue weighted by Gasteiger charge is -2.23. The highest BCUT2D eigenvalue weighted by Crippen LogP contribution is 2.27. The zero-order chi connectivity index (χ0) is 25.6. The number of alkyl halides is 3. The van der Waals surface area contributed by atoms with E-state index in [4.69, 9.17) is 4.74 Å². The predicted octanol–water partition coefficient (Wildman–Crippen LogP) is 5.49. The van der Waals surface area contributed by atoms with Gasteiger partial charge in [-0.05, 0) is 54.1 Å². The van der Waals surface area contributed by atoms with Gasteiger partial charge in [0.1, 0.15) is 11.5 Å². The fourth-order valence-electron chi connectivity index (χ4n) is 2.93. The van der Waals surface area contributed by atoms with Crippen molar-refractivity contribution in [1.82, 2.24) is 0 Å². The number of hydrogen-bond acceptors (Lipinski definition) is 7. The van der Waals surface area contributed by atoms with E-state index in [0.717, 1.165) is 29.2 Å². The number of methoxy groups -OCH3 is 1. The molecule has 0 saturated heterocycles. The maximum Gasteiger partial charge on any atom is 0.573 e. The van der Waals surface area contributed by atoms with Crippen LogP contribution in [0.3, 0.4) is 0 Å². The van der Waals surface area contributed by atoms with Crippen molar-refractivity contribution in [2.45, 2.75) is 12.9 Å². The lowest BCUT2D eigenvalue weighted by atomic mass is 10.1. The lowest BCUT2D eigenvalue weighted by molar-refractivity contribution is -0.384. The second-order valence-electron chi connectivity index (χ2n) is 6.94. The molecule has 182 valence electrons. The maximum absolute atomic E-state index is 13.0. The molecule has 0 N–H and O–H groups in total.